The number of amides is 3. The van der Waals surface area contributed by atoms with Crippen LogP contribution in [0.1, 0.15) is 71.6 Å². The molecule has 3 aliphatic heterocycles. The van der Waals surface area contributed by atoms with Crippen molar-refractivity contribution < 1.29 is 23.5 Å². The van der Waals surface area contributed by atoms with Crippen LogP contribution in [0, 0.1) is 23.6 Å². The van der Waals surface area contributed by atoms with E-state index in [1.54, 1.807) is 4.90 Å². The average molecular weight is 524 g/mol. The first-order valence-corrected chi connectivity index (χ1v) is 14.3. The second kappa shape index (κ2) is 9.47. The SMILES string of the molecule is CC1CCC(N2C(=O)[C@@H]3[C@H](C(=O)Nc4ccc(F)cc4)[C@]4(C)C=C[C@@]3(O4)[C@H]2C(=O)NC2CCCCC2)CC1. The first-order valence-electron chi connectivity index (χ1n) is 14.3. The van der Waals surface area contributed by atoms with Crippen LogP contribution in [0.4, 0.5) is 10.1 Å². The van der Waals surface area contributed by atoms with Gasteiger partial charge in [0, 0.05) is 17.8 Å². The molecular weight excluding hydrogens is 485 g/mol. The van der Waals surface area contributed by atoms with Gasteiger partial charge in [0.1, 0.15) is 17.5 Å². The molecule has 38 heavy (non-hydrogen) atoms. The van der Waals surface area contributed by atoms with E-state index in [9.17, 15) is 18.8 Å². The molecule has 8 heteroatoms. The Morgan fingerprint density at radius 1 is 0.974 bits per heavy atom. The van der Waals surface area contributed by atoms with E-state index < -0.39 is 34.9 Å². The van der Waals surface area contributed by atoms with E-state index in [2.05, 4.69) is 17.6 Å². The Kier molecular flexibility index (Phi) is 6.36. The van der Waals surface area contributed by atoms with Crippen LogP contribution in [-0.4, -0.2) is 51.9 Å². The molecule has 2 saturated heterocycles. The summed E-state index contributed by atoms with van der Waals surface area (Å²) in [5.41, 5.74) is -1.74. The second-order valence-electron chi connectivity index (χ2n) is 12.3. The standard InChI is InChI=1S/C30H38FN3O4/c1-18-8-14-22(15-9-18)34-25(27(36)33-20-6-4-3-5-7-20)30-17-16-29(2,38-30)23(24(30)28(34)37)26(35)32-21-12-10-19(31)11-13-21/h10-13,16-18,20,22-25H,3-9,14-15H2,1-2H3,(H,32,35)(H,33,36)/t18?,22?,23-,24+,25-,29+,30+/m1/s1. The highest BCUT2D eigenvalue weighted by atomic mass is 19.1. The van der Waals surface area contributed by atoms with Crippen LogP contribution in [0.5, 0.6) is 0 Å². The third-order valence-electron chi connectivity index (χ3n) is 9.71. The summed E-state index contributed by atoms with van der Waals surface area (Å²) in [7, 11) is 0. The van der Waals surface area contributed by atoms with E-state index >= 15 is 0 Å². The summed E-state index contributed by atoms with van der Waals surface area (Å²) in [6.45, 7) is 4.05. The molecule has 1 spiro atoms. The highest BCUT2D eigenvalue weighted by Crippen LogP contribution is 2.60. The van der Waals surface area contributed by atoms with Gasteiger partial charge in [-0.05, 0) is 75.6 Å². The van der Waals surface area contributed by atoms with E-state index in [-0.39, 0.29) is 29.8 Å². The van der Waals surface area contributed by atoms with Crippen LogP contribution in [-0.2, 0) is 19.1 Å². The highest BCUT2D eigenvalue weighted by molar-refractivity contribution is 6.03. The Morgan fingerprint density at radius 2 is 1.66 bits per heavy atom. The number of anilines is 1. The van der Waals surface area contributed by atoms with Gasteiger partial charge in [0.15, 0.2) is 0 Å². The minimum Gasteiger partial charge on any atom is -0.356 e. The number of carbonyl (C=O) groups is 3. The number of benzene rings is 1. The van der Waals surface area contributed by atoms with E-state index in [1.807, 2.05) is 19.1 Å². The third-order valence-corrected chi connectivity index (χ3v) is 9.71. The molecule has 1 aromatic rings. The fourth-order valence-electron chi connectivity index (χ4n) is 7.76. The zero-order valence-electron chi connectivity index (χ0n) is 22.3. The maximum atomic E-state index is 14.3. The molecule has 2 N–H and O–H groups in total. The normalized spacial score (nSPS) is 38.3. The molecule has 0 unspecified atom stereocenters. The summed E-state index contributed by atoms with van der Waals surface area (Å²) < 4.78 is 20.1. The molecule has 7 nitrogen and oxygen atoms in total. The number of rotatable bonds is 5. The van der Waals surface area contributed by atoms with Crippen molar-refractivity contribution in [1.29, 1.82) is 0 Å². The molecule has 5 atom stereocenters. The first-order chi connectivity index (χ1) is 18.2. The summed E-state index contributed by atoms with van der Waals surface area (Å²) in [6, 6.07) is 4.82. The van der Waals surface area contributed by atoms with Gasteiger partial charge in [0.2, 0.25) is 17.7 Å². The van der Waals surface area contributed by atoms with Crippen molar-refractivity contribution in [2.24, 2.45) is 17.8 Å². The number of carbonyl (C=O) groups excluding carboxylic acids is 3. The van der Waals surface area contributed by atoms with Gasteiger partial charge >= 0.3 is 0 Å². The number of nitrogens with zero attached hydrogens (tertiary/aromatic N) is 1. The lowest BCUT2D eigenvalue weighted by Crippen LogP contribution is -2.59. The maximum absolute atomic E-state index is 14.3. The number of likely N-dealkylation sites (tertiary alicyclic amines) is 1. The zero-order valence-corrected chi connectivity index (χ0v) is 22.3. The fourth-order valence-corrected chi connectivity index (χ4v) is 7.76. The lowest BCUT2D eigenvalue weighted by molar-refractivity contribution is -0.147. The number of hydrogen-bond acceptors (Lipinski definition) is 4. The molecule has 2 bridgehead atoms. The smallest absolute Gasteiger partial charge is 0.246 e. The Morgan fingerprint density at radius 3 is 2.34 bits per heavy atom. The maximum Gasteiger partial charge on any atom is 0.246 e. The molecule has 5 aliphatic rings. The van der Waals surface area contributed by atoms with Crippen molar-refractivity contribution in [1.82, 2.24) is 10.2 Å². The Labute approximate surface area is 223 Å². The minimum absolute atomic E-state index is 0.0505. The van der Waals surface area contributed by atoms with Gasteiger partial charge in [-0.2, -0.15) is 0 Å². The topological polar surface area (TPSA) is 87.7 Å². The van der Waals surface area contributed by atoms with Crippen LogP contribution in [0.2, 0.25) is 0 Å². The lowest BCUT2D eigenvalue weighted by atomic mass is 9.70. The van der Waals surface area contributed by atoms with Crippen molar-refractivity contribution in [3.05, 3.63) is 42.2 Å². The van der Waals surface area contributed by atoms with Crippen LogP contribution >= 0.6 is 0 Å². The molecule has 3 amide bonds. The average Bonchev–Trinajstić information content (AvgIpc) is 3.47. The largest absolute Gasteiger partial charge is 0.356 e. The molecule has 0 aromatic heterocycles. The number of hydrogen-bond donors (Lipinski definition) is 2. The highest BCUT2D eigenvalue weighted by Gasteiger charge is 2.76. The Bertz CT molecular complexity index is 1140. The summed E-state index contributed by atoms with van der Waals surface area (Å²) in [5, 5.41) is 6.14. The van der Waals surface area contributed by atoms with Crippen LogP contribution < -0.4 is 10.6 Å². The minimum atomic E-state index is -1.18. The van der Waals surface area contributed by atoms with E-state index in [4.69, 9.17) is 4.74 Å². The summed E-state index contributed by atoms with van der Waals surface area (Å²) in [4.78, 5) is 43.9. The van der Waals surface area contributed by atoms with Crippen LogP contribution in [0.3, 0.4) is 0 Å². The molecule has 2 aliphatic carbocycles. The summed E-state index contributed by atoms with van der Waals surface area (Å²) in [6.07, 6.45) is 12.7. The second-order valence-corrected chi connectivity index (χ2v) is 12.3. The van der Waals surface area contributed by atoms with Crippen LogP contribution in [0.15, 0.2) is 36.4 Å². The summed E-state index contributed by atoms with van der Waals surface area (Å²) >= 11 is 0. The zero-order chi connectivity index (χ0) is 26.7. The molecule has 6 rings (SSSR count). The molecule has 4 fully saturated rings. The molecule has 1 aromatic carbocycles. The van der Waals surface area contributed by atoms with Gasteiger partial charge in [-0.25, -0.2) is 4.39 Å². The molecule has 2 saturated carbocycles. The monoisotopic (exact) mass is 523 g/mol. The molecular formula is C30H38FN3O4. The van der Waals surface area contributed by atoms with Crippen molar-refractivity contribution in [3.63, 3.8) is 0 Å². The molecule has 0 radical (unpaired) electrons. The van der Waals surface area contributed by atoms with Crippen molar-refractivity contribution >= 4 is 23.4 Å². The van der Waals surface area contributed by atoms with Crippen molar-refractivity contribution in [2.45, 2.75) is 101 Å². The van der Waals surface area contributed by atoms with Gasteiger partial charge in [-0.15, -0.1) is 0 Å². The van der Waals surface area contributed by atoms with Crippen molar-refractivity contribution in [2.75, 3.05) is 5.32 Å². The van der Waals surface area contributed by atoms with E-state index in [0.717, 1.165) is 51.4 Å². The molecule has 204 valence electrons. The number of fused-ring (bicyclic) bond motifs is 1. The predicted octanol–water partition coefficient (Wildman–Crippen LogP) is 4.33. The quantitative estimate of drug-likeness (QED) is 0.563. The van der Waals surface area contributed by atoms with Crippen LogP contribution in [0.25, 0.3) is 0 Å². The predicted molar refractivity (Wildman–Crippen MR) is 140 cm³/mol. The van der Waals surface area contributed by atoms with Gasteiger partial charge in [-0.3, -0.25) is 14.4 Å². The number of nitrogens with one attached hydrogen (secondary N) is 2. The lowest BCUT2D eigenvalue weighted by Gasteiger charge is -2.40. The van der Waals surface area contributed by atoms with Gasteiger partial charge in [0.05, 0.1) is 17.4 Å². The fraction of sp³-hybridized carbons (Fsp3) is 0.633. The summed E-state index contributed by atoms with van der Waals surface area (Å²) in [5.74, 6) is -2.08. The Hall–Kier alpha value is -2.74. The molecule has 3 heterocycles. The third kappa shape index (κ3) is 4.07. The number of halogens is 1. The Balaban J connectivity index is 1.34. The van der Waals surface area contributed by atoms with Gasteiger partial charge in [-0.1, -0.05) is 38.3 Å². The van der Waals surface area contributed by atoms with E-state index in [0.29, 0.717) is 11.6 Å². The van der Waals surface area contributed by atoms with Gasteiger partial charge < -0.3 is 20.3 Å². The van der Waals surface area contributed by atoms with Crippen molar-refractivity contribution in [3.8, 4) is 0 Å². The van der Waals surface area contributed by atoms with Gasteiger partial charge in [0.25, 0.3) is 0 Å². The van der Waals surface area contributed by atoms with E-state index in [1.165, 1.54) is 30.7 Å². The first kappa shape index (κ1) is 25.5. The number of ether oxygens (including phenoxy) is 1.